The van der Waals surface area contributed by atoms with Crippen molar-refractivity contribution in [3.63, 3.8) is 0 Å². The average molecular weight is 338 g/mol. The summed E-state index contributed by atoms with van der Waals surface area (Å²) in [6, 6.07) is 2.04. The number of guanidine groups is 1. The highest BCUT2D eigenvalue weighted by Gasteiger charge is 2.12. The van der Waals surface area contributed by atoms with E-state index in [-0.39, 0.29) is 0 Å². The van der Waals surface area contributed by atoms with Crippen molar-refractivity contribution < 1.29 is 4.52 Å². The molecule has 1 aromatic heterocycles. The van der Waals surface area contributed by atoms with Gasteiger partial charge in [0.1, 0.15) is 6.54 Å². The summed E-state index contributed by atoms with van der Waals surface area (Å²) in [7, 11) is 0. The molecule has 1 heterocycles. The first-order valence-corrected chi connectivity index (χ1v) is 9.38. The van der Waals surface area contributed by atoms with E-state index in [4.69, 9.17) is 4.52 Å². The maximum absolute atomic E-state index is 5.43. The molecule has 0 saturated heterocycles. The first-order valence-electron chi connectivity index (χ1n) is 9.38. The maximum atomic E-state index is 5.43. The Balaban J connectivity index is 2.56. The van der Waals surface area contributed by atoms with Gasteiger partial charge in [-0.1, -0.05) is 32.9 Å². The quantitative estimate of drug-likeness (QED) is 0.480. The molecule has 138 valence electrons. The van der Waals surface area contributed by atoms with Crippen LogP contribution in [-0.2, 0) is 6.54 Å². The maximum Gasteiger partial charge on any atom is 0.191 e. The third-order valence-electron chi connectivity index (χ3n) is 4.33. The van der Waals surface area contributed by atoms with Gasteiger partial charge in [0.15, 0.2) is 11.7 Å². The van der Waals surface area contributed by atoms with Crippen molar-refractivity contribution in [1.29, 1.82) is 0 Å². The second-order valence-electron chi connectivity index (χ2n) is 5.88. The summed E-state index contributed by atoms with van der Waals surface area (Å²) in [5.74, 6) is 2.12. The van der Waals surface area contributed by atoms with Gasteiger partial charge in [-0.3, -0.25) is 0 Å². The molecule has 1 aromatic rings. The SMILES string of the molecule is CCNC(=NCc1cc(C(CC)CC)no1)NCCN(CC)CC. The molecule has 1 rings (SSSR count). The van der Waals surface area contributed by atoms with Crippen LogP contribution in [0.3, 0.4) is 0 Å². The minimum Gasteiger partial charge on any atom is -0.359 e. The Bertz CT molecular complexity index is 464. The van der Waals surface area contributed by atoms with Gasteiger partial charge in [0, 0.05) is 31.6 Å². The molecule has 0 spiro atoms. The Kier molecular flexibility index (Phi) is 10.2. The molecule has 2 N–H and O–H groups in total. The van der Waals surface area contributed by atoms with Crippen LogP contribution in [0.2, 0.25) is 0 Å². The minimum atomic E-state index is 0.479. The lowest BCUT2D eigenvalue weighted by molar-refractivity contribution is 0.308. The van der Waals surface area contributed by atoms with E-state index < -0.39 is 0 Å². The zero-order valence-corrected chi connectivity index (χ0v) is 16.1. The summed E-state index contributed by atoms with van der Waals surface area (Å²) in [6.07, 6.45) is 2.17. The Hall–Kier alpha value is -1.56. The molecular formula is C18H35N5O. The van der Waals surface area contributed by atoms with Crippen molar-refractivity contribution in [2.24, 2.45) is 4.99 Å². The van der Waals surface area contributed by atoms with Crippen LogP contribution in [0.15, 0.2) is 15.6 Å². The van der Waals surface area contributed by atoms with E-state index in [0.29, 0.717) is 12.5 Å². The molecule has 0 radical (unpaired) electrons. The molecule has 0 unspecified atom stereocenters. The summed E-state index contributed by atoms with van der Waals surface area (Å²) in [6.45, 7) is 16.2. The monoisotopic (exact) mass is 337 g/mol. The van der Waals surface area contributed by atoms with Crippen LogP contribution in [-0.4, -0.2) is 48.7 Å². The molecule has 6 nitrogen and oxygen atoms in total. The van der Waals surface area contributed by atoms with Crippen LogP contribution in [0.1, 0.15) is 64.8 Å². The van der Waals surface area contributed by atoms with E-state index in [1.807, 2.05) is 6.07 Å². The van der Waals surface area contributed by atoms with Gasteiger partial charge in [-0.05, 0) is 32.9 Å². The first kappa shape index (κ1) is 20.5. The smallest absolute Gasteiger partial charge is 0.191 e. The molecule has 0 aliphatic heterocycles. The number of aliphatic imine (C=N–C) groups is 1. The van der Waals surface area contributed by atoms with Crippen LogP contribution in [0.25, 0.3) is 0 Å². The lowest BCUT2D eigenvalue weighted by atomic mass is 9.99. The molecule has 0 amide bonds. The number of hydrogen-bond donors (Lipinski definition) is 2. The van der Waals surface area contributed by atoms with E-state index in [9.17, 15) is 0 Å². The molecule has 0 fully saturated rings. The lowest BCUT2D eigenvalue weighted by Crippen LogP contribution is -2.41. The lowest BCUT2D eigenvalue weighted by Gasteiger charge is -2.19. The third kappa shape index (κ3) is 6.91. The summed E-state index contributed by atoms with van der Waals surface area (Å²) in [5, 5.41) is 10.8. The van der Waals surface area contributed by atoms with Crippen molar-refractivity contribution in [2.45, 2.75) is 59.9 Å². The largest absolute Gasteiger partial charge is 0.359 e. The van der Waals surface area contributed by atoms with Gasteiger partial charge in [0.05, 0.1) is 5.69 Å². The Morgan fingerprint density at radius 2 is 1.88 bits per heavy atom. The van der Waals surface area contributed by atoms with Crippen molar-refractivity contribution in [1.82, 2.24) is 20.7 Å². The van der Waals surface area contributed by atoms with Crippen molar-refractivity contribution in [2.75, 3.05) is 32.7 Å². The molecule has 0 aliphatic rings. The highest BCUT2D eigenvalue weighted by Crippen LogP contribution is 2.22. The van der Waals surface area contributed by atoms with Gasteiger partial charge in [-0.15, -0.1) is 0 Å². The van der Waals surface area contributed by atoms with Gasteiger partial charge < -0.3 is 20.1 Å². The number of likely N-dealkylation sites (N-methyl/N-ethyl adjacent to an activating group) is 1. The van der Waals surface area contributed by atoms with Crippen LogP contribution >= 0.6 is 0 Å². The van der Waals surface area contributed by atoms with Crippen molar-refractivity contribution in [3.8, 4) is 0 Å². The number of rotatable bonds is 11. The summed E-state index contributed by atoms with van der Waals surface area (Å²) < 4.78 is 5.43. The molecule has 0 atom stereocenters. The topological polar surface area (TPSA) is 65.7 Å². The fourth-order valence-electron chi connectivity index (χ4n) is 2.67. The average Bonchev–Trinajstić information content (AvgIpc) is 3.06. The second-order valence-corrected chi connectivity index (χ2v) is 5.88. The molecule has 0 aliphatic carbocycles. The number of hydrogen-bond acceptors (Lipinski definition) is 4. The van der Waals surface area contributed by atoms with Crippen molar-refractivity contribution >= 4 is 5.96 Å². The second kappa shape index (κ2) is 11.9. The summed E-state index contributed by atoms with van der Waals surface area (Å²) in [5.41, 5.74) is 1.05. The molecule has 0 bridgehead atoms. The highest BCUT2D eigenvalue weighted by molar-refractivity contribution is 5.79. The zero-order valence-electron chi connectivity index (χ0n) is 16.1. The van der Waals surface area contributed by atoms with Crippen LogP contribution in [0.4, 0.5) is 0 Å². The molecule has 0 aromatic carbocycles. The standard InChI is InChI=1S/C18H35N5O/c1-6-15(7-2)17-13-16(24-22-17)14-21-18(19-8-3)20-11-12-23(9-4)10-5/h13,15H,6-12,14H2,1-5H3,(H2,19,20,21). The fourth-order valence-corrected chi connectivity index (χ4v) is 2.67. The van der Waals surface area contributed by atoms with Crippen LogP contribution < -0.4 is 10.6 Å². The van der Waals surface area contributed by atoms with Crippen molar-refractivity contribution in [3.05, 3.63) is 17.5 Å². The number of nitrogens with zero attached hydrogens (tertiary/aromatic N) is 3. The van der Waals surface area contributed by atoms with Crippen LogP contribution in [0.5, 0.6) is 0 Å². The molecular weight excluding hydrogens is 302 g/mol. The number of aromatic nitrogens is 1. The van der Waals surface area contributed by atoms with Gasteiger partial charge in [-0.25, -0.2) is 4.99 Å². The van der Waals surface area contributed by atoms with Gasteiger partial charge in [-0.2, -0.15) is 0 Å². The zero-order chi connectivity index (χ0) is 17.8. The van der Waals surface area contributed by atoms with Gasteiger partial charge in [0.2, 0.25) is 0 Å². The predicted octanol–water partition coefficient (Wildman–Crippen LogP) is 2.98. The van der Waals surface area contributed by atoms with Gasteiger partial charge in [0.25, 0.3) is 0 Å². The Morgan fingerprint density at radius 1 is 1.17 bits per heavy atom. The molecule has 24 heavy (non-hydrogen) atoms. The fraction of sp³-hybridized carbons (Fsp3) is 0.778. The van der Waals surface area contributed by atoms with E-state index >= 15 is 0 Å². The Morgan fingerprint density at radius 3 is 2.46 bits per heavy atom. The van der Waals surface area contributed by atoms with Gasteiger partial charge >= 0.3 is 0 Å². The number of nitrogens with one attached hydrogen (secondary N) is 2. The summed E-state index contributed by atoms with van der Waals surface area (Å²) >= 11 is 0. The minimum absolute atomic E-state index is 0.479. The highest BCUT2D eigenvalue weighted by atomic mass is 16.5. The van der Waals surface area contributed by atoms with E-state index in [2.05, 4.69) is 60.3 Å². The molecule has 0 saturated carbocycles. The van der Waals surface area contributed by atoms with E-state index in [1.54, 1.807) is 0 Å². The van der Waals surface area contributed by atoms with E-state index in [1.165, 1.54) is 0 Å². The first-order chi connectivity index (χ1) is 11.7. The van der Waals surface area contributed by atoms with E-state index in [0.717, 1.165) is 63.0 Å². The van der Waals surface area contributed by atoms with Crippen LogP contribution in [0, 0.1) is 0 Å². The Labute approximate surface area is 147 Å². The predicted molar refractivity (Wildman–Crippen MR) is 100 cm³/mol. The normalized spacial score (nSPS) is 12.2. The molecule has 6 heteroatoms. The summed E-state index contributed by atoms with van der Waals surface area (Å²) in [4.78, 5) is 6.98. The third-order valence-corrected chi connectivity index (χ3v) is 4.33.